The maximum atomic E-state index is 12.7. The second kappa shape index (κ2) is 2.74. The van der Waals surface area contributed by atoms with Crippen molar-refractivity contribution in [3.8, 4) is 0 Å². The number of thiazole rings is 1. The Bertz CT molecular complexity index is 482. The van der Waals surface area contributed by atoms with E-state index in [4.69, 9.17) is 0 Å². The number of hydrogen-bond donors (Lipinski definition) is 0. The van der Waals surface area contributed by atoms with Crippen molar-refractivity contribution in [2.24, 2.45) is 0 Å². The van der Waals surface area contributed by atoms with Crippen LogP contribution in [0.25, 0.3) is 10.2 Å². The van der Waals surface area contributed by atoms with Crippen LogP contribution in [-0.4, -0.2) is 9.91 Å². The van der Waals surface area contributed by atoms with Gasteiger partial charge in [0.2, 0.25) is 0 Å². The maximum Gasteiger partial charge on any atom is 0.424 e. The number of rotatable bonds is 1. The molecule has 0 radical (unpaired) electrons. The number of nitrogens with zero attached hydrogens (tertiary/aromatic N) is 2. The molecule has 1 aromatic heterocycles. The van der Waals surface area contributed by atoms with E-state index in [9.17, 15) is 14.5 Å². The Morgan fingerprint density at radius 3 is 3.00 bits per heavy atom. The molecule has 4 nitrogen and oxygen atoms in total. The Hall–Kier alpha value is -1.56. The molecule has 0 fully saturated rings. The summed E-state index contributed by atoms with van der Waals surface area (Å²) in [5.41, 5.74) is 0.457. The molecule has 1 aromatic carbocycles. The molecule has 6 heteroatoms. The van der Waals surface area contributed by atoms with Gasteiger partial charge >= 0.3 is 5.13 Å². The lowest BCUT2D eigenvalue weighted by molar-refractivity contribution is -0.384. The summed E-state index contributed by atoms with van der Waals surface area (Å²) < 4.78 is 13.1. The summed E-state index contributed by atoms with van der Waals surface area (Å²) in [5, 5.41) is 10.1. The molecule has 0 aliphatic rings. The van der Waals surface area contributed by atoms with Gasteiger partial charge in [0.25, 0.3) is 0 Å². The van der Waals surface area contributed by atoms with E-state index in [2.05, 4.69) is 4.98 Å². The highest BCUT2D eigenvalue weighted by atomic mass is 32.1. The third-order valence-electron chi connectivity index (χ3n) is 1.50. The summed E-state index contributed by atoms with van der Waals surface area (Å²) in [5.74, 6) is -0.411. The van der Waals surface area contributed by atoms with Crippen LogP contribution in [-0.2, 0) is 0 Å². The van der Waals surface area contributed by atoms with E-state index in [1.807, 2.05) is 0 Å². The summed E-state index contributed by atoms with van der Waals surface area (Å²) in [6.07, 6.45) is 0. The molecule has 66 valence electrons. The van der Waals surface area contributed by atoms with Gasteiger partial charge in [0.1, 0.15) is 5.82 Å². The van der Waals surface area contributed by atoms with Crippen LogP contribution in [0.15, 0.2) is 18.2 Å². The molecule has 0 unspecified atom stereocenters. The van der Waals surface area contributed by atoms with Gasteiger partial charge in [-0.05, 0) is 39.4 Å². The first-order valence-corrected chi connectivity index (χ1v) is 4.19. The molecule has 0 saturated carbocycles. The van der Waals surface area contributed by atoms with Gasteiger partial charge in [0.05, 0.1) is 4.70 Å². The Kier molecular flexibility index (Phi) is 1.70. The molecule has 2 rings (SSSR count). The monoisotopic (exact) mass is 198 g/mol. The normalized spacial score (nSPS) is 10.5. The minimum absolute atomic E-state index is 0.208. The van der Waals surface area contributed by atoms with Crippen LogP contribution in [0, 0.1) is 15.9 Å². The molecule has 2 aromatic rings. The Morgan fingerprint density at radius 2 is 2.31 bits per heavy atom. The van der Waals surface area contributed by atoms with Crippen LogP contribution in [0.5, 0.6) is 0 Å². The zero-order valence-electron chi connectivity index (χ0n) is 6.23. The first-order chi connectivity index (χ1) is 6.16. The number of hydrogen-bond acceptors (Lipinski definition) is 4. The van der Waals surface area contributed by atoms with Crippen molar-refractivity contribution in [1.82, 2.24) is 4.98 Å². The molecule has 0 bridgehead atoms. The summed E-state index contributed by atoms with van der Waals surface area (Å²) >= 11 is 0.869. The van der Waals surface area contributed by atoms with Gasteiger partial charge in [0.15, 0.2) is 5.52 Å². The first-order valence-electron chi connectivity index (χ1n) is 3.37. The van der Waals surface area contributed by atoms with Gasteiger partial charge in [-0.2, -0.15) is 0 Å². The Labute approximate surface area is 75.8 Å². The Balaban J connectivity index is 2.68. The smallest absolute Gasteiger partial charge is 0.357 e. The van der Waals surface area contributed by atoms with Gasteiger partial charge < -0.3 is 10.1 Å². The van der Waals surface area contributed by atoms with Crippen LogP contribution in [0.1, 0.15) is 0 Å². The molecule has 0 spiro atoms. The molecule has 0 N–H and O–H groups in total. The highest BCUT2D eigenvalue weighted by Gasteiger charge is 2.14. The molecule has 0 amide bonds. The van der Waals surface area contributed by atoms with Gasteiger partial charge in [-0.25, -0.2) is 4.39 Å². The topological polar surface area (TPSA) is 56.0 Å². The van der Waals surface area contributed by atoms with Crippen molar-refractivity contribution >= 4 is 26.7 Å². The zero-order valence-corrected chi connectivity index (χ0v) is 7.05. The van der Waals surface area contributed by atoms with Crippen molar-refractivity contribution in [3.05, 3.63) is 34.1 Å². The molecule has 1 heterocycles. The molecular weight excluding hydrogens is 195 g/mol. The molecular formula is C7H3FN2O2S. The van der Waals surface area contributed by atoms with E-state index in [1.54, 1.807) is 0 Å². The predicted molar refractivity (Wildman–Crippen MR) is 46.2 cm³/mol. The largest absolute Gasteiger partial charge is 0.424 e. The fraction of sp³-hybridized carbons (Fsp3) is 0. The van der Waals surface area contributed by atoms with E-state index in [1.165, 1.54) is 18.2 Å². The molecule has 0 aliphatic heterocycles. The highest BCUT2D eigenvalue weighted by Crippen LogP contribution is 2.27. The summed E-state index contributed by atoms with van der Waals surface area (Å²) in [4.78, 5) is 13.4. The minimum Gasteiger partial charge on any atom is -0.357 e. The molecule has 13 heavy (non-hydrogen) atoms. The molecule has 0 aliphatic carbocycles. The van der Waals surface area contributed by atoms with Gasteiger partial charge in [-0.1, -0.05) is 0 Å². The number of halogens is 1. The lowest BCUT2D eigenvalue weighted by atomic mass is 10.3. The Morgan fingerprint density at radius 1 is 1.54 bits per heavy atom. The van der Waals surface area contributed by atoms with Crippen LogP contribution >= 0.6 is 11.3 Å². The van der Waals surface area contributed by atoms with E-state index in [0.29, 0.717) is 10.2 Å². The summed E-state index contributed by atoms with van der Waals surface area (Å²) in [6.45, 7) is 0. The molecule has 0 saturated heterocycles. The van der Waals surface area contributed by atoms with Gasteiger partial charge in [0, 0.05) is 0 Å². The average Bonchev–Trinajstić information content (AvgIpc) is 2.46. The van der Waals surface area contributed by atoms with E-state index in [0.717, 1.165) is 11.3 Å². The highest BCUT2D eigenvalue weighted by molar-refractivity contribution is 7.21. The number of fused-ring (bicyclic) bond motifs is 1. The lowest BCUT2D eigenvalue weighted by Crippen LogP contribution is -1.84. The number of aromatic nitrogens is 1. The van der Waals surface area contributed by atoms with Crippen molar-refractivity contribution in [2.75, 3.05) is 0 Å². The van der Waals surface area contributed by atoms with Crippen molar-refractivity contribution in [3.63, 3.8) is 0 Å². The van der Waals surface area contributed by atoms with Crippen molar-refractivity contribution < 1.29 is 9.31 Å². The summed E-state index contributed by atoms with van der Waals surface area (Å²) in [6, 6.07) is 3.89. The van der Waals surface area contributed by atoms with Crippen LogP contribution < -0.4 is 0 Å². The third kappa shape index (κ3) is 1.35. The zero-order chi connectivity index (χ0) is 9.42. The lowest BCUT2D eigenvalue weighted by Gasteiger charge is -1.82. The van der Waals surface area contributed by atoms with Gasteiger partial charge in [-0.3, -0.25) is 0 Å². The van der Waals surface area contributed by atoms with Crippen LogP contribution in [0.3, 0.4) is 0 Å². The minimum atomic E-state index is -0.581. The first kappa shape index (κ1) is 8.06. The van der Waals surface area contributed by atoms with E-state index < -0.39 is 10.7 Å². The standard InChI is InChI=1S/C7H3FN2O2S/c8-4-1-2-5-6(3-4)13-7(9-5)10(11)12/h1-3H. The predicted octanol–water partition coefficient (Wildman–Crippen LogP) is 2.34. The van der Waals surface area contributed by atoms with E-state index in [-0.39, 0.29) is 5.13 Å². The maximum absolute atomic E-state index is 12.7. The van der Waals surface area contributed by atoms with E-state index >= 15 is 0 Å². The van der Waals surface area contributed by atoms with Gasteiger partial charge in [-0.15, -0.1) is 0 Å². The van der Waals surface area contributed by atoms with Crippen LogP contribution in [0.2, 0.25) is 0 Å². The van der Waals surface area contributed by atoms with Crippen LogP contribution in [0.4, 0.5) is 9.52 Å². The third-order valence-corrected chi connectivity index (χ3v) is 2.47. The second-order valence-electron chi connectivity index (χ2n) is 2.37. The second-order valence-corrected chi connectivity index (χ2v) is 3.37. The van der Waals surface area contributed by atoms with Crippen molar-refractivity contribution in [2.45, 2.75) is 0 Å². The SMILES string of the molecule is O=[N+]([O-])c1nc2ccc(F)cc2s1. The number of nitro groups is 1. The number of benzene rings is 1. The summed E-state index contributed by atoms with van der Waals surface area (Å²) in [7, 11) is 0. The fourth-order valence-corrected chi connectivity index (χ4v) is 1.77. The van der Waals surface area contributed by atoms with Crippen molar-refractivity contribution in [1.29, 1.82) is 0 Å². The average molecular weight is 198 g/mol. The quantitative estimate of drug-likeness (QED) is 0.522. The fourth-order valence-electron chi connectivity index (χ4n) is 0.964. The molecule has 0 atom stereocenters.